The van der Waals surface area contributed by atoms with Crippen LogP contribution in [0.15, 0.2) is 85.0 Å². The summed E-state index contributed by atoms with van der Waals surface area (Å²) in [6.45, 7) is 0. The fourth-order valence-corrected chi connectivity index (χ4v) is 3.58. The third kappa shape index (κ3) is 2.28. The number of carbonyl (C=O) groups excluding carboxylic acids is 2. The number of carbonyl (C=O) groups is 2. The van der Waals surface area contributed by atoms with Crippen molar-refractivity contribution < 1.29 is 9.59 Å². The van der Waals surface area contributed by atoms with Gasteiger partial charge in [-0.1, -0.05) is 60.7 Å². The average molecular weight is 327 g/mol. The maximum Gasteiger partial charge on any atom is 0.255 e. The molecule has 0 saturated carbocycles. The van der Waals surface area contributed by atoms with Crippen LogP contribution in [0.25, 0.3) is 11.1 Å². The minimum Gasteiger partial charge on any atom is -0.325 e. The molecule has 2 aliphatic rings. The van der Waals surface area contributed by atoms with Crippen LogP contribution >= 0.6 is 0 Å². The Bertz CT molecular complexity index is 921. The van der Waals surface area contributed by atoms with Crippen LogP contribution in [0, 0.1) is 0 Å². The van der Waals surface area contributed by atoms with Crippen LogP contribution in [0.1, 0.15) is 11.1 Å². The predicted molar refractivity (Wildman–Crippen MR) is 98.5 cm³/mol. The molecule has 0 fully saturated rings. The second-order valence-corrected chi connectivity index (χ2v) is 6.24. The normalized spacial score (nSPS) is 18.5. The van der Waals surface area contributed by atoms with Gasteiger partial charge in [-0.15, -0.1) is 0 Å². The molecule has 0 N–H and O–H groups in total. The predicted octanol–water partition coefficient (Wildman–Crippen LogP) is 3.50. The Morgan fingerprint density at radius 3 is 1.84 bits per heavy atom. The number of benzene rings is 2. The van der Waals surface area contributed by atoms with Crippen LogP contribution < -0.4 is 0 Å². The van der Waals surface area contributed by atoms with Crippen molar-refractivity contribution in [3.63, 3.8) is 0 Å². The lowest BCUT2D eigenvalue weighted by Crippen LogP contribution is -2.43. The van der Waals surface area contributed by atoms with Crippen LogP contribution in [0.3, 0.4) is 0 Å². The molecule has 2 aromatic carbocycles. The molecule has 4 rings (SSSR count). The van der Waals surface area contributed by atoms with E-state index in [-0.39, 0.29) is 11.7 Å². The number of amides is 1. The van der Waals surface area contributed by atoms with E-state index < -0.39 is 5.54 Å². The molecule has 0 saturated heterocycles. The summed E-state index contributed by atoms with van der Waals surface area (Å²) in [5.41, 5.74) is 2.71. The monoisotopic (exact) mass is 327 g/mol. The van der Waals surface area contributed by atoms with E-state index in [0.717, 1.165) is 16.7 Å². The highest BCUT2D eigenvalue weighted by atomic mass is 16.2. The minimum absolute atomic E-state index is 0.0475. The molecule has 3 nitrogen and oxygen atoms in total. The van der Waals surface area contributed by atoms with Gasteiger partial charge in [0.15, 0.2) is 5.78 Å². The highest BCUT2D eigenvalue weighted by molar-refractivity contribution is 6.32. The lowest BCUT2D eigenvalue weighted by Gasteiger charge is -2.34. The van der Waals surface area contributed by atoms with Crippen molar-refractivity contribution in [3.8, 4) is 0 Å². The van der Waals surface area contributed by atoms with Crippen molar-refractivity contribution in [2.75, 3.05) is 7.05 Å². The minimum atomic E-state index is -0.739. The van der Waals surface area contributed by atoms with Gasteiger partial charge < -0.3 is 4.90 Å². The number of allylic oxidation sites excluding steroid dienone is 2. The first-order valence-corrected chi connectivity index (χ1v) is 8.20. The van der Waals surface area contributed by atoms with E-state index in [1.165, 1.54) is 0 Å². The molecule has 1 amide bonds. The molecule has 0 aromatic heterocycles. The number of likely N-dealkylation sites (N-methyl/N-ethyl adjacent to an activating group) is 1. The van der Waals surface area contributed by atoms with Crippen molar-refractivity contribution in [3.05, 3.63) is 96.1 Å². The first-order valence-electron chi connectivity index (χ1n) is 8.20. The van der Waals surface area contributed by atoms with Crippen molar-refractivity contribution >= 4 is 22.8 Å². The summed E-state index contributed by atoms with van der Waals surface area (Å²) in [4.78, 5) is 26.6. The van der Waals surface area contributed by atoms with E-state index >= 15 is 0 Å². The first kappa shape index (κ1) is 15.3. The highest BCUT2D eigenvalue weighted by Gasteiger charge is 2.48. The molecule has 2 aromatic rings. The van der Waals surface area contributed by atoms with Gasteiger partial charge in [-0.3, -0.25) is 9.59 Å². The van der Waals surface area contributed by atoms with Gasteiger partial charge in [0.2, 0.25) is 0 Å². The summed E-state index contributed by atoms with van der Waals surface area (Å²) in [5, 5.41) is 0. The zero-order chi connectivity index (χ0) is 17.4. The molecule has 122 valence electrons. The molecule has 25 heavy (non-hydrogen) atoms. The Kier molecular flexibility index (Phi) is 3.50. The highest BCUT2D eigenvalue weighted by Crippen LogP contribution is 2.47. The Balaban J connectivity index is 2.05. The van der Waals surface area contributed by atoms with Gasteiger partial charge in [0, 0.05) is 12.6 Å². The Morgan fingerprint density at radius 2 is 1.28 bits per heavy atom. The molecule has 1 aliphatic heterocycles. The smallest absolute Gasteiger partial charge is 0.255 e. The number of hydrogen-bond acceptors (Lipinski definition) is 2. The fourth-order valence-electron chi connectivity index (χ4n) is 3.58. The zero-order valence-corrected chi connectivity index (χ0v) is 13.8. The van der Waals surface area contributed by atoms with Gasteiger partial charge in [-0.2, -0.15) is 0 Å². The second kappa shape index (κ2) is 5.71. The molecule has 1 spiro atoms. The van der Waals surface area contributed by atoms with E-state index in [4.69, 9.17) is 0 Å². The maximum absolute atomic E-state index is 13.2. The van der Waals surface area contributed by atoms with Crippen molar-refractivity contribution in [2.45, 2.75) is 5.54 Å². The third-order valence-corrected chi connectivity index (χ3v) is 4.85. The molecule has 0 unspecified atom stereocenters. The van der Waals surface area contributed by atoms with Gasteiger partial charge in [-0.25, -0.2) is 0 Å². The Morgan fingerprint density at radius 1 is 0.760 bits per heavy atom. The molecule has 0 atom stereocenters. The van der Waals surface area contributed by atoms with Crippen LogP contribution in [0.5, 0.6) is 0 Å². The first-order chi connectivity index (χ1) is 12.1. The lowest BCUT2D eigenvalue weighted by atomic mass is 9.80. The molecular formula is C22H17NO2. The SMILES string of the molecule is CN1C(=O)C(c2ccccc2)=C(c2ccccc2)C12C=CC(=O)C=C2. The molecule has 1 heterocycles. The number of ketones is 1. The number of rotatable bonds is 2. The fraction of sp³-hybridized carbons (Fsp3) is 0.0909. The van der Waals surface area contributed by atoms with Gasteiger partial charge in [0.25, 0.3) is 5.91 Å². The van der Waals surface area contributed by atoms with Gasteiger partial charge in [-0.05, 0) is 35.4 Å². The van der Waals surface area contributed by atoms with Crippen LogP contribution in [0.2, 0.25) is 0 Å². The lowest BCUT2D eigenvalue weighted by molar-refractivity contribution is -0.124. The van der Waals surface area contributed by atoms with E-state index in [9.17, 15) is 9.59 Å². The summed E-state index contributed by atoms with van der Waals surface area (Å²) in [5.74, 6) is -0.110. The number of nitrogens with zero attached hydrogens (tertiary/aromatic N) is 1. The zero-order valence-electron chi connectivity index (χ0n) is 13.8. The van der Waals surface area contributed by atoms with Crippen LogP contribution in [-0.2, 0) is 9.59 Å². The summed E-state index contributed by atoms with van der Waals surface area (Å²) in [7, 11) is 1.78. The van der Waals surface area contributed by atoms with Crippen LogP contribution in [-0.4, -0.2) is 29.2 Å². The van der Waals surface area contributed by atoms with Gasteiger partial charge in [0.05, 0.1) is 5.57 Å². The third-order valence-electron chi connectivity index (χ3n) is 4.85. The van der Waals surface area contributed by atoms with Crippen molar-refractivity contribution in [1.29, 1.82) is 0 Å². The van der Waals surface area contributed by atoms with E-state index in [2.05, 4.69) is 0 Å². The second-order valence-electron chi connectivity index (χ2n) is 6.24. The largest absolute Gasteiger partial charge is 0.325 e. The summed E-state index contributed by atoms with van der Waals surface area (Å²) >= 11 is 0. The topological polar surface area (TPSA) is 37.4 Å². The van der Waals surface area contributed by atoms with Crippen molar-refractivity contribution in [2.24, 2.45) is 0 Å². The van der Waals surface area contributed by atoms with E-state index in [1.807, 2.05) is 72.8 Å². The van der Waals surface area contributed by atoms with Gasteiger partial charge >= 0.3 is 0 Å². The van der Waals surface area contributed by atoms with Crippen molar-refractivity contribution in [1.82, 2.24) is 4.90 Å². The molecule has 1 aliphatic carbocycles. The number of hydrogen-bond donors (Lipinski definition) is 0. The average Bonchev–Trinajstić information content (AvgIpc) is 2.87. The molecular weight excluding hydrogens is 310 g/mol. The summed E-state index contributed by atoms with van der Waals surface area (Å²) in [6.07, 6.45) is 6.73. The molecule has 0 bridgehead atoms. The summed E-state index contributed by atoms with van der Waals surface area (Å²) < 4.78 is 0. The summed E-state index contributed by atoms with van der Waals surface area (Å²) in [6, 6.07) is 19.6. The quantitative estimate of drug-likeness (QED) is 0.846. The van der Waals surface area contributed by atoms with Gasteiger partial charge in [0.1, 0.15) is 5.54 Å². The van der Waals surface area contributed by atoms with Crippen LogP contribution in [0.4, 0.5) is 0 Å². The van der Waals surface area contributed by atoms with E-state index in [0.29, 0.717) is 5.57 Å². The standard InChI is InChI=1S/C22H17NO2/c1-23-21(25)19(16-8-4-2-5-9-16)20(17-10-6-3-7-11-17)22(23)14-12-18(24)13-15-22/h2-15H,1H3. The maximum atomic E-state index is 13.2. The molecule has 3 heteroatoms. The molecule has 0 radical (unpaired) electrons. The Labute approximate surface area is 146 Å². The Hall–Kier alpha value is -3.20. The van der Waals surface area contributed by atoms with E-state index in [1.54, 1.807) is 24.1 Å².